The molecule has 20 heavy (non-hydrogen) atoms. The van der Waals surface area contributed by atoms with E-state index in [1.165, 1.54) is 6.20 Å². The summed E-state index contributed by atoms with van der Waals surface area (Å²) in [5, 5.41) is 22.9. The number of amides is 1. The van der Waals surface area contributed by atoms with Crippen LogP contribution in [0.15, 0.2) is 11.8 Å². The van der Waals surface area contributed by atoms with Gasteiger partial charge in [-0.05, 0) is 12.8 Å². The number of hydrogen-bond donors (Lipinski definition) is 3. The zero-order valence-electron chi connectivity index (χ0n) is 11.4. The van der Waals surface area contributed by atoms with Crippen molar-refractivity contribution in [3.63, 3.8) is 0 Å². The Kier molecular flexibility index (Phi) is 8.38. The number of nitriles is 1. The van der Waals surface area contributed by atoms with Gasteiger partial charge in [-0.3, -0.25) is 4.79 Å². The van der Waals surface area contributed by atoms with Gasteiger partial charge in [-0.2, -0.15) is 5.26 Å². The Hall–Kier alpha value is -1.62. The first-order valence-corrected chi connectivity index (χ1v) is 6.70. The Morgan fingerprint density at radius 1 is 1.55 bits per heavy atom. The van der Waals surface area contributed by atoms with Crippen LogP contribution in [0.5, 0.6) is 0 Å². The summed E-state index contributed by atoms with van der Waals surface area (Å²) in [6.07, 6.45) is 3.37. The third-order valence-corrected chi connectivity index (χ3v) is 2.75. The Bertz CT molecular complexity index is 359. The van der Waals surface area contributed by atoms with E-state index in [9.17, 15) is 4.79 Å². The van der Waals surface area contributed by atoms with Crippen LogP contribution in [0.25, 0.3) is 0 Å². The minimum absolute atomic E-state index is 0.0187. The molecule has 0 bridgehead atoms. The molecule has 7 heteroatoms. The van der Waals surface area contributed by atoms with E-state index in [2.05, 4.69) is 10.6 Å². The molecular formula is C13H21N3O4. The molecule has 1 unspecified atom stereocenters. The Labute approximate surface area is 118 Å². The lowest BCUT2D eigenvalue weighted by Gasteiger charge is -2.10. The van der Waals surface area contributed by atoms with Gasteiger partial charge in [-0.25, -0.2) is 0 Å². The predicted molar refractivity (Wildman–Crippen MR) is 71.6 cm³/mol. The number of hydrogen-bond acceptors (Lipinski definition) is 6. The highest BCUT2D eigenvalue weighted by atomic mass is 16.5. The number of nitrogens with one attached hydrogen (secondary N) is 2. The van der Waals surface area contributed by atoms with Gasteiger partial charge in [0.2, 0.25) is 0 Å². The van der Waals surface area contributed by atoms with E-state index in [0.29, 0.717) is 19.7 Å². The number of nitrogens with zero attached hydrogens (tertiary/aromatic N) is 1. The van der Waals surface area contributed by atoms with Gasteiger partial charge >= 0.3 is 0 Å². The first-order valence-electron chi connectivity index (χ1n) is 6.70. The van der Waals surface area contributed by atoms with Gasteiger partial charge in [0.05, 0.1) is 25.9 Å². The van der Waals surface area contributed by atoms with Gasteiger partial charge in [0.25, 0.3) is 5.91 Å². The van der Waals surface area contributed by atoms with Crippen LogP contribution >= 0.6 is 0 Å². The van der Waals surface area contributed by atoms with Crippen molar-refractivity contribution in [1.82, 2.24) is 10.6 Å². The minimum Gasteiger partial charge on any atom is -0.394 e. The van der Waals surface area contributed by atoms with Crippen LogP contribution in [0.4, 0.5) is 0 Å². The monoisotopic (exact) mass is 283 g/mol. The normalized spacial score (nSPS) is 18.6. The molecule has 1 saturated heterocycles. The summed E-state index contributed by atoms with van der Waals surface area (Å²) in [6, 6.07) is 1.84. The summed E-state index contributed by atoms with van der Waals surface area (Å²) in [5.41, 5.74) is 0.0187. The maximum absolute atomic E-state index is 11.7. The van der Waals surface area contributed by atoms with Crippen molar-refractivity contribution in [3.8, 4) is 6.07 Å². The van der Waals surface area contributed by atoms with Gasteiger partial charge in [0.15, 0.2) is 0 Å². The molecule has 0 aliphatic carbocycles. The number of carbonyl (C=O) groups excluding carboxylic acids is 1. The molecule has 1 rings (SSSR count). The molecule has 0 radical (unpaired) electrons. The molecule has 1 heterocycles. The van der Waals surface area contributed by atoms with Crippen molar-refractivity contribution < 1.29 is 19.4 Å². The van der Waals surface area contributed by atoms with E-state index in [0.717, 1.165) is 19.4 Å². The van der Waals surface area contributed by atoms with Gasteiger partial charge in [-0.15, -0.1) is 0 Å². The predicted octanol–water partition coefficient (Wildman–Crippen LogP) is -0.712. The summed E-state index contributed by atoms with van der Waals surface area (Å²) in [4.78, 5) is 11.7. The lowest BCUT2D eigenvalue weighted by molar-refractivity contribution is -0.117. The number of aliphatic hydroxyl groups is 1. The zero-order chi connectivity index (χ0) is 14.6. The van der Waals surface area contributed by atoms with Crippen LogP contribution in [0.3, 0.4) is 0 Å². The van der Waals surface area contributed by atoms with Gasteiger partial charge < -0.3 is 25.2 Å². The Balaban J connectivity index is 2.21. The molecule has 7 nitrogen and oxygen atoms in total. The fraction of sp³-hybridized carbons (Fsp3) is 0.692. The second-order valence-electron chi connectivity index (χ2n) is 4.30. The molecule has 1 atom stereocenters. The van der Waals surface area contributed by atoms with Gasteiger partial charge in [-0.1, -0.05) is 0 Å². The second-order valence-corrected chi connectivity index (χ2v) is 4.30. The number of rotatable bonds is 9. The van der Waals surface area contributed by atoms with Crippen LogP contribution in [-0.2, 0) is 14.3 Å². The van der Waals surface area contributed by atoms with Crippen molar-refractivity contribution >= 4 is 5.91 Å². The third kappa shape index (κ3) is 6.52. The molecule has 0 aromatic rings. The molecule has 3 N–H and O–H groups in total. The third-order valence-electron chi connectivity index (χ3n) is 2.75. The summed E-state index contributed by atoms with van der Waals surface area (Å²) >= 11 is 0. The highest BCUT2D eigenvalue weighted by Gasteiger charge is 2.17. The smallest absolute Gasteiger partial charge is 0.263 e. The Morgan fingerprint density at radius 3 is 3.05 bits per heavy atom. The van der Waals surface area contributed by atoms with Crippen molar-refractivity contribution in [2.45, 2.75) is 18.9 Å². The van der Waals surface area contributed by atoms with Gasteiger partial charge in [0.1, 0.15) is 11.6 Å². The largest absolute Gasteiger partial charge is 0.394 e. The first-order chi connectivity index (χ1) is 9.77. The first kappa shape index (κ1) is 16.4. The average molecular weight is 283 g/mol. The maximum atomic E-state index is 11.7. The van der Waals surface area contributed by atoms with E-state index in [4.69, 9.17) is 19.8 Å². The summed E-state index contributed by atoms with van der Waals surface area (Å²) < 4.78 is 10.4. The zero-order valence-corrected chi connectivity index (χ0v) is 11.4. The van der Waals surface area contributed by atoms with E-state index in [-0.39, 0.29) is 24.9 Å². The lowest BCUT2D eigenvalue weighted by atomic mass is 10.2. The number of carbonyl (C=O) groups is 1. The van der Waals surface area contributed by atoms with Crippen molar-refractivity contribution in [2.75, 3.05) is 39.5 Å². The average Bonchev–Trinajstić information content (AvgIpc) is 2.97. The molecule has 0 spiro atoms. The fourth-order valence-corrected chi connectivity index (χ4v) is 1.73. The van der Waals surface area contributed by atoms with Crippen LogP contribution < -0.4 is 10.6 Å². The lowest BCUT2D eigenvalue weighted by Crippen LogP contribution is -2.33. The molecule has 1 amide bonds. The van der Waals surface area contributed by atoms with Crippen molar-refractivity contribution in [2.24, 2.45) is 0 Å². The Morgan fingerprint density at radius 2 is 2.40 bits per heavy atom. The molecule has 112 valence electrons. The molecular weight excluding hydrogens is 262 g/mol. The quantitative estimate of drug-likeness (QED) is 0.293. The molecule has 1 aliphatic rings. The van der Waals surface area contributed by atoms with Crippen LogP contribution in [0.2, 0.25) is 0 Å². The van der Waals surface area contributed by atoms with Crippen LogP contribution in [0.1, 0.15) is 12.8 Å². The highest BCUT2D eigenvalue weighted by Crippen LogP contribution is 2.10. The van der Waals surface area contributed by atoms with E-state index in [1.54, 1.807) is 0 Å². The molecule has 0 aromatic carbocycles. The second kappa shape index (κ2) is 10.2. The SMILES string of the molecule is N#C/C(=C/NCCOCCO)C(=O)NCC1CCCO1. The van der Waals surface area contributed by atoms with Crippen molar-refractivity contribution in [3.05, 3.63) is 11.8 Å². The van der Waals surface area contributed by atoms with Crippen LogP contribution in [0, 0.1) is 11.3 Å². The number of aliphatic hydroxyl groups excluding tert-OH is 1. The number of ether oxygens (including phenoxy) is 2. The fourth-order valence-electron chi connectivity index (χ4n) is 1.73. The van der Waals surface area contributed by atoms with Crippen molar-refractivity contribution in [1.29, 1.82) is 5.26 Å². The van der Waals surface area contributed by atoms with Crippen LogP contribution in [-0.4, -0.2) is 56.6 Å². The molecule has 1 fully saturated rings. The molecule has 1 aliphatic heterocycles. The van der Waals surface area contributed by atoms with E-state index < -0.39 is 5.91 Å². The minimum atomic E-state index is -0.410. The summed E-state index contributed by atoms with van der Waals surface area (Å²) in [6.45, 7) is 2.27. The highest BCUT2D eigenvalue weighted by molar-refractivity contribution is 5.97. The maximum Gasteiger partial charge on any atom is 0.263 e. The topological polar surface area (TPSA) is 104 Å². The molecule has 0 saturated carbocycles. The summed E-state index contributed by atoms with van der Waals surface area (Å²) in [5.74, 6) is -0.410. The van der Waals surface area contributed by atoms with E-state index >= 15 is 0 Å². The standard InChI is InChI=1S/C13H21N3O4/c14-8-11(9-15-3-6-19-7-4-17)13(18)16-10-12-2-1-5-20-12/h9,12,15,17H,1-7,10H2,(H,16,18)/b11-9-. The molecule has 0 aromatic heterocycles. The van der Waals surface area contributed by atoms with E-state index in [1.807, 2.05) is 6.07 Å². The summed E-state index contributed by atoms with van der Waals surface area (Å²) in [7, 11) is 0. The van der Waals surface area contributed by atoms with Gasteiger partial charge in [0, 0.05) is 25.9 Å².